The van der Waals surface area contributed by atoms with Crippen LogP contribution in [0.1, 0.15) is 38.5 Å². The van der Waals surface area contributed by atoms with Gasteiger partial charge in [-0.15, -0.1) is 0 Å². The van der Waals surface area contributed by atoms with Crippen LogP contribution in [0.25, 0.3) is 0 Å². The minimum atomic E-state index is -0.562. The summed E-state index contributed by atoms with van der Waals surface area (Å²) >= 11 is 0. The first-order valence-electron chi connectivity index (χ1n) is 6.73. The highest BCUT2D eigenvalue weighted by atomic mass is 16.5. The number of nitrogens with zero attached hydrogens (tertiary/aromatic N) is 1. The second-order valence-electron chi connectivity index (χ2n) is 5.91. The van der Waals surface area contributed by atoms with Gasteiger partial charge in [0.25, 0.3) is 0 Å². The number of fused-ring (bicyclic) bond motifs is 3. The molecule has 0 aromatic carbocycles. The smallest absolute Gasteiger partial charge is 0.309 e. The standard InChI is InChI=1S/C13H21NO3/c15-11(16)12-1-4-13(5-2-12,6-3-12)14-7-9-17-10-8-14/h1-10H2,(H,15,16). The van der Waals surface area contributed by atoms with Crippen molar-refractivity contribution in [3.8, 4) is 0 Å². The molecule has 0 radical (unpaired) electrons. The summed E-state index contributed by atoms with van der Waals surface area (Å²) in [7, 11) is 0. The Hall–Kier alpha value is -0.610. The normalized spacial score (nSPS) is 42.6. The Bertz CT molecular complexity index is 298. The third kappa shape index (κ3) is 1.69. The first-order valence-corrected chi connectivity index (χ1v) is 6.73. The Labute approximate surface area is 102 Å². The first kappa shape index (κ1) is 11.5. The number of carboxylic acids is 1. The number of aliphatic carboxylic acids is 1. The predicted molar refractivity (Wildman–Crippen MR) is 62.9 cm³/mol. The average molecular weight is 239 g/mol. The molecule has 4 rings (SSSR count). The molecule has 3 aliphatic carbocycles. The Kier molecular flexibility index (Phi) is 2.67. The Morgan fingerprint density at radius 2 is 1.53 bits per heavy atom. The predicted octanol–water partition coefficient (Wildman–Crippen LogP) is 1.50. The van der Waals surface area contributed by atoms with Crippen molar-refractivity contribution in [2.45, 2.75) is 44.1 Å². The van der Waals surface area contributed by atoms with Crippen molar-refractivity contribution in [1.29, 1.82) is 0 Å². The lowest BCUT2D eigenvalue weighted by molar-refractivity contribution is -0.162. The maximum Gasteiger partial charge on any atom is 0.309 e. The number of rotatable bonds is 2. The molecule has 3 saturated carbocycles. The molecule has 1 heterocycles. The van der Waals surface area contributed by atoms with Crippen molar-refractivity contribution >= 4 is 5.97 Å². The lowest BCUT2D eigenvalue weighted by Gasteiger charge is -2.56. The summed E-state index contributed by atoms with van der Waals surface area (Å²) < 4.78 is 5.42. The quantitative estimate of drug-likeness (QED) is 0.793. The van der Waals surface area contributed by atoms with Gasteiger partial charge < -0.3 is 9.84 Å². The van der Waals surface area contributed by atoms with E-state index in [4.69, 9.17) is 4.74 Å². The summed E-state index contributed by atoms with van der Waals surface area (Å²) in [5.41, 5.74) is -0.0744. The lowest BCUT2D eigenvalue weighted by Crippen LogP contribution is -2.60. The number of morpholine rings is 1. The summed E-state index contributed by atoms with van der Waals surface area (Å²) in [4.78, 5) is 13.9. The number of hydrogen-bond acceptors (Lipinski definition) is 3. The summed E-state index contributed by atoms with van der Waals surface area (Å²) in [5.74, 6) is -0.562. The highest BCUT2D eigenvalue weighted by molar-refractivity contribution is 5.75. The zero-order chi connectivity index (χ0) is 11.9. The van der Waals surface area contributed by atoms with Crippen LogP contribution in [0.2, 0.25) is 0 Å². The fraction of sp³-hybridized carbons (Fsp3) is 0.923. The Morgan fingerprint density at radius 3 is 2.00 bits per heavy atom. The maximum absolute atomic E-state index is 11.4. The fourth-order valence-corrected chi connectivity index (χ4v) is 4.00. The van der Waals surface area contributed by atoms with Gasteiger partial charge in [0.1, 0.15) is 0 Å². The third-order valence-corrected chi connectivity index (χ3v) is 5.34. The zero-order valence-corrected chi connectivity index (χ0v) is 10.3. The van der Waals surface area contributed by atoms with Crippen LogP contribution < -0.4 is 0 Å². The zero-order valence-electron chi connectivity index (χ0n) is 10.3. The van der Waals surface area contributed by atoms with Gasteiger partial charge in [-0.25, -0.2) is 0 Å². The molecule has 4 heteroatoms. The van der Waals surface area contributed by atoms with E-state index < -0.39 is 5.97 Å². The van der Waals surface area contributed by atoms with Crippen molar-refractivity contribution in [3.05, 3.63) is 0 Å². The molecular weight excluding hydrogens is 218 g/mol. The van der Waals surface area contributed by atoms with E-state index in [-0.39, 0.29) is 5.41 Å². The van der Waals surface area contributed by atoms with Gasteiger partial charge in [-0.3, -0.25) is 9.69 Å². The average Bonchev–Trinajstić information content (AvgIpc) is 2.42. The van der Waals surface area contributed by atoms with Crippen molar-refractivity contribution < 1.29 is 14.6 Å². The summed E-state index contributed by atoms with van der Waals surface area (Å²) in [6.45, 7) is 3.73. The molecule has 4 nitrogen and oxygen atoms in total. The van der Waals surface area contributed by atoms with Crippen LogP contribution in [0.4, 0.5) is 0 Å². The van der Waals surface area contributed by atoms with Crippen molar-refractivity contribution in [2.75, 3.05) is 26.3 Å². The van der Waals surface area contributed by atoms with Gasteiger partial charge >= 0.3 is 5.97 Å². The SMILES string of the molecule is O=C(O)C12CCC(N3CCOCC3)(CC1)CC2. The van der Waals surface area contributed by atoms with E-state index in [1.165, 1.54) is 0 Å². The monoisotopic (exact) mass is 239 g/mol. The van der Waals surface area contributed by atoms with Crippen LogP contribution in [-0.2, 0) is 9.53 Å². The largest absolute Gasteiger partial charge is 0.481 e. The molecule has 1 saturated heterocycles. The number of hydrogen-bond donors (Lipinski definition) is 1. The molecule has 1 aliphatic heterocycles. The molecule has 0 amide bonds. The number of carbonyl (C=O) groups is 1. The van der Waals surface area contributed by atoms with E-state index in [1.807, 2.05) is 0 Å². The van der Waals surface area contributed by atoms with Crippen LogP contribution in [-0.4, -0.2) is 47.8 Å². The number of carboxylic acid groups (broad SMARTS) is 1. The van der Waals surface area contributed by atoms with E-state index in [9.17, 15) is 9.90 Å². The molecule has 0 unspecified atom stereocenters. The highest BCUT2D eigenvalue weighted by Gasteiger charge is 2.54. The van der Waals surface area contributed by atoms with Gasteiger partial charge in [-0.2, -0.15) is 0 Å². The molecule has 0 aromatic heterocycles. The molecule has 96 valence electrons. The van der Waals surface area contributed by atoms with Gasteiger partial charge in [-0.1, -0.05) is 0 Å². The maximum atomic E-state index is 11.4. The van der Waals surface area contributed by atoms with Crippen LogP contribution in [0, 0.1) is 5.41 Å². The van der Waals surface area contributed by atoms with Gasteiger partial charge in [0, 0.05) is 18.6 Å². The fourth-order valence-electron chi connectivity index (χ4n) is 4.00. The Balaban J connectivity index is 1.74. The third-order valence-electron chi connectivity index (χ3n) is 5.34. The molecule has 0 spiro atoms. The number of ether oxygens (including phenoxy) is 1. The van der Waals surface area contributed by atoms with Crippen LogP contribution in [0.5, 0.6) is 0 Å². The lowest BCUT2D eigenvalue weighted by atomic mass is 9.56. The molecule has 0 aromatic rings. The van der Waals surface area contributed by atoms with E-state index in [0.29, 0.717) is 5.54 Å². The Morgan fingerprint density at radius 1 is 1.00 bits per heavy atom. The van der Waals surface area contributed by atoms with Crippen molar-refractivity contribution in [1.82, 2.24) is 4.90 Å². The van der Waals surface area contributed by atoms with Crippen LogP contribution in [0.3, 0.4) is 0 Å². The van der Waals surface area contributed by atoms with E-state index in [0.717, 1.165) is 64.8 Å². The van der Waals surface area contributed by atoms with Crippen molar-refractivity contribution in [3.63, 3.8) is 0 Å². The van der Waals surface area contributed by atoms with Gasteiger partial charge in [0.2, 0.25) is 0 Å². The molecule has 4 aliphatic rings. The van der Waals surface area contributed by atoms with Crippen LogP contribution >= 0.6 is 0 Å². The van der Waals surface area contributed by atoms with E-state index in [2.05, 4.69) is 4.90 Å². The van der Waals surface area contributed by atoms with E-state index in [1.54, 1.807) is 0 Å². The molecule has 2 bridgehead atoms. The molecule has 4 fully saturated rings. The van der Waals surface area contributed by atoms with Gasteiger partial charge in [0.15, 0.2) is 0 Å². The second-order valence-corrected chi connectivity index (χ2v) is 5.91. The summed E-state index contributed by atoms with van der Waals surface area (Å²) in [6, 6.07) is 0. The summed E-state index contributed by atoms with van der Waals surface area (Å²) in [6.07, 6.45) is 5.83. The minimum absolute atomic E-state index is 0.307. The minimum Gasteiger partial charge on any atom is -0.481 e. The van der Waals surface area contributed by atoms with E-state index >= 15 is 0 Å². The van der Waals surface area contributed by atoms with Crippen LogP contribution in [0.15, 0.2) is 0 Å². The molecule has 17 heavy (non-hydrogen) atoms. The summed E-state index contributed by atoms with van der Waals surface area (Å²) in [5, 5.41) is 9.37. The van der Waals surface area contributed by atoms with Gasteiger partial charge in [-0.05, 0) is 38.5 Å². The molecule has 1 N–H and O–H groups in total. The molecule has 0 atom stereocenters. The van der Waals surface area contributed by atoms with Gasteiger partial charge in [0.05, 0.1) is 18.6 Å². The topological polar surface area (TPSA) is 49.8 Å². The molecular formula is C13H21NO3. The van der Waals surface area contributed by atoms with Crippen molar-refractivity contribution in [2.24, 2.45) is 5.41 Å². The highest BCUT2D eigenvalue weighted by Crippen LogP contribution is 2.54. The second kappa shape index (κ2) is 3.95. The first-order chi connectivity index (χ1) is 8.17.